The Labute approximate surface area is 128 Å². The van der Waals surface area contributed by atoms with Crippen molar-refractivity contribution in [2.24, 2.45) is 0 Å². The summed E-state index contributed by atoms with van der Waals surface area (Å²) in [4.78, 5) is 4.52. The smallest absolute Gasteiger partial charge is 0.231 e. The van der Waals surface area contributed by atoms with Crippen LogP contribution in [0.5, 0.6) is 0 Å². The molecular weight excluding hydrogens is 280 g/mol. The largest absolute Gasteiger partial charge is 0.464 e. The highest BCUT2D eigenvalue weighted by molar-refractivity contribution is 5.82. The van der Waals surface area contributed by atoms with E-state index in [1.807, 2.05) is 6.07 Å². The molecule has 0 saturated carbocycles. The molecule has 1 aromatic carbocycles. The van der Waals surface area contributed by atoms with Crippen molar-refractivity contribution in [3.63, 3.8) is 0 Å². The lowest BCUT2D eigenvalue weighted by atomic mass is 10.1. The van der Waals surface area contributed by atoms with E-state index in [9.17, 15) is 0 Å². The van der Waals surface area contributed by atoms with Crippen molar-refractivity contribution in [2.45, 2.75) is 32.1 Å². The van der Waals surface area contributed by atoms with Gasteiger partial charge >= 0.3 is 0 Å². The van der Waals surface area contributed by atoms with Crippen LogP contribution in [-0.4, -0.2) is 23.4 Å². The third kappa shape index (κ3) is 2.41. The van der Waals surface area contributed by atoms with Crippen LogP contribution < -0.4 is 0 Å². The fourth-order valence-corrected chi connectivity index (χ4v) is 2.89. The van der Waals surface area contributed by atoms with Gasteiger partial charge in [0.25, 0.3) is 0 Å². The zero-order chi connectivity index (χ0) is 14.9. The average molecular weight is 298 g/mol. The zero-order valence-electron chi connectivity index (χ0n) is 12.5. The van der Waals surface area contributed by atoms with Crippen LogP contribution in [-0.2, 0) is 17.6 Å². The standard InChI is InChI=1S/C17H18N2O3/c1-2-11-3-4-15-14(7-11)13(10-21-15)8-16-18-17(19-22-16)12-5-6-20-9-12/h3-4,7,10,12H,2,5-6,8-9H2,1H3/t12-/m0/s1. The highest BCUT2D eigenvalue weighted by Gasteiger charge is 2.23. The lowest BCUT2D eigenvalue weighted by molar-refractivity contribution is 0.192. The summed E-state index contributed by atoms with van der Waals surface area (Å²) in [5, 5.41) is 5.22. The van der Waals surface area contributed by atoms with Gasteiger partial charge in [0.05, 0.1) is 19.3 Å². The van der Waals surface area contributed by atoms with E-state index in [2.05, 4.69) is 29.2 Å². The second kappa shape index (κ2) is 5.57. The fourth-order valence-electron chi connectivity index (χ4n) is 2.89. The lowest BCUT2D eigenvalue weighted by Crippen LogP contribution is -2.00. The van der Waals surface area contributed by atoms with Gasteiger partial charge in [-0.25, -0.2) is 0 Å². The van der Waals surface area contributed by atoms with E-state index in [4.69, 9.17) is 13.7 Å². The maximum atomic E-state index is 5.62. The van der Waals surface area contributed by atoms with Gasteiger partial charge in [-0.2, -0.15) is 4.98 Å². The Bertz CT molecular complexity index is 784. The summed E-state index contributed by atoms with van der Waals surface area (Å²) in [6.45, 7) is 3.61. The molecule has 0 spiro atoms. The minimum absolute atomic E-state index is 0.269. The number of ether oxygens (including phenoxy) is 1. The van der Waals surface area contributed by atoms with Crippen LogP contribution >= 0.6 is 0 Å². The monoisotopic (exact) mass is 298 g/mol. The van der Waals surface area contributed by atoms with Gasteiger partial charge in [-0.1, -0.05) is 18.1 Å². The van der Waals surface area contributed by atoms with Crippen LogP contribution in [0.3, 0.4) is 0 Å². The van der Waals surface area contributed by atoms with Crippen molar-refractivity contribution in [3.8, 4) is 0 Å². The lowest BCUT2D eigenvalue weighted by Gasteiger charge is -1.98. The van der Waals surface area contributed by atoms with Gasteiger partial charge < -0.3 is 13.7 Å². The molecular formula is C17H18N2O3. The van der Waals surface area contributed by atoms with Crippen molar-refractivity contribution < 1.29 is 13.7 Å². The Morgan fingerprint density at radius 2 is 2.27 bits per heavy atom. The third-order valence-corrected chi connectivity index (χ3v) is 4.25. The molecule has 1 aliphatic heterocycles. The van der Waals surface area contributed by atoms with Crippen molar-refractivity contribution in [1.29, 1.82) is 0 Å². The van der Waals surface area contributed by atoms with E-state index >= 15 is 0 Å². The normalized spacial score (nSPS) is 18.3. The molecule has 1 fully saturated rings. The van der Waals surface area contributed by atoms with Gasteiger partial charge in [0.2, 0.25) is 5.89 Å². The molecule has 5 nitrogen and oxygen atoms in total. The summed E-state index contributed by atoms with van der Waals surface area (Å²) < 4.78 is 16.4. The van der Waals surface area contributed by atoms with Crippen LogP contribution in [0, 0.1) is 0 Å². The number of rotatable bonds is 4. The molecule has 0 amide bonds. The van der Waals surface area contributed by atoms with Crippen LogP contribution in [0.4, 0.5) is 0 Å². The first-order valence-corrected chi connectivity index (χ1v) is 7.72. The molecule has 0 aliphatic carbocycles. The highest BCUT2D eigenvalue weighted by Crippen LogP contribution is 2.26. The summed E-state index contributed by atoms with van der Waals surface area (Å²) in [6, 6.07) is 6.30. The second-order valence-corrected chi connectivity index (χ2v) is 5.73. The number of aromatic nitrogens is 2. The Kier molecular flexibility index (Phi) is 3.42. The van der Waals surface area contributed by atoms with Gasteiger partial charge in [-0.05, 0) is 30.5 Å². The first kappa shape index (κ1) is 13.5. The van der Waals surface area contributed by atoms with E-state index in [0.29, 0.717) is 18.9 Å². The van der Waals surface area contributed by atoms with Crippen molar-refractivity contribution in [1.82, 2.24) is 10.1 Å². The van der Waals surface area contributed by atoms with Crippen molar-refractivity contribution in [3.05, 3.63) is 47.3 Å². The maximum absolute atomic E-state index is 5.62. The molecule has 1 atom stereocenters. The second-order valence-electron chi connectivity index (χ2n) is 5.73. The topological polar surface area (TPSA) is 61.3 Å². The third-order valence-electron chi connectivity index (χ3n) is 4.25. The number of fused-ring (bicyclic) bond motifs is 1. The SMILES string of the molecule is CCc1ccc2occ(Cc3nc([C@H]4CCOC4)no3)c2c1. The Hall–Kier alpha value is -2.14. The van der Waals surface area contributed by atoms with Crippen LogP contribution in [0.2, 0.25) is 0 Å². The Morgan fingerprint density at radius 3 is 3.09 bits per heavy atom. The molecule has 1 aliphatic rings. The van der Waals surface area contributed by atoms with Gasteiger partial charge in [-0.3, -0.25) is 0 Å². The van der Waals surface area contributed by atoms with E-state index in [1.165, 1.54) is 5.56 Å². The van der Waals surface area contributed by atoms with Gasteiger partial charge in [-0.15, -0.1) is 0 Å². The Balaban J connectivity index is 1.60. The summed E-state index contributed by atoms with van der Waals surface area (Å²) in [5.41, 5.74) is 3.28. The molecule has 1 saturated heterocycles. The Morgan fingerprint density at radius 1 is 1.32 bits per heavy atom. The number of benzene rings is 1. The molecule has 4 rings (SSSR count). The van der Waals surface area contributed by atoms with Crippen LogP contribution in [0.15, 0.2) is 33.4 Å². The number of hydrogen-bond donors (Lipinski definition) is 0. The minimum Gasteiger partial charge on any atom is -0.464 e. The molecule has 3 heterocycles. The summed E-state index contributed by atoms with van der Waals surface area (Å²) in [5.74, 6) is 1.66. The molecule has 114 valence electrons. The van der Waals surface area contributed by atoms with Crippen LogP contribution in [0.1, 0.15) is 42.1 Å². The van der Waals surface area contributed by atoms with Gasteiger partial charge in [0, 0.05) is 23.5 Å². The molecule has 0 N–H and O–H groups in total. The summed E-state index contributed by atoms with van der Waals surface area (Å²) in [6.07, 6.45) is 4.35. The molecule has 2 aromatic heterocycles. The first-order chi connectivity index (χ1) is 10.8. The quantitative estimate of drug-likeness (QED) is 0.738. The average Bonchev–Trinajstić information content (AvgIpc) is 3.27. The first-order valence-electron chi connectivity index (χ1n) is 7.72. The van der Waals surface area contributed by atoms with Gasteiger partial charge in [0.15, 0.2) is 5.82 Å². The van der Waals surface area contributed by atoms with E-state index < -0.39 is 0 Å². The predicted molar refractivity (Wildman–Crippen MR) is 80.9 cm³/mol. The number of nitrogens with zero attached hydrogens (tertiary/aromatic N) is 2. The molecule has 0 unspecified atom stereocenters. The maximum Gasteiger partial charge on any atom is 0.231 e. The summed E-state index contributed by atoms with van der Waals surface area (Å²) in [7, 11) is 0. The number of aryl methyl sites for hydroxylation is 1. The zero-order valence-corrected chi connectivity index (χ0v) is 12.5. The molecule has 5 heteroatoms. The van der Waals surface area contributed by atoms with E-state index in [1.54, 1.807) is 6.26 Å². The highest BCUT2D eigenvalue weighted by atomic mass is 16.5. The molecule has 0 bridgehead atoms. The van der Waals surface area contributed by atoms with Crippen molar-refractivity contribution in [2.75, 3.05) is 13.2 Å². The molecule has 3 aromatic rings. The van der Waals surface area contributed by atoms with Crippen molar-refractivity contribution >= 4 is 11.0 Å². The van der Waals surface area contributed by atoms with E-state index in [0.717, 1.165) is 41.8 Å². The molecule has 0 radical (unpaired) electrons. The van der Waals surface area contributed by atoms with Crippen LogP contribution in [0.25, 0.3) is 11.0 Å². The number of hydrogen-bond acceptors (Lipinski definition) is 5. The summed E-state index contributed by atoms with van der Waals surface area (Å²) >= 11 is 0. The fraction of sp³-hybridized carbons (Fsp3) is 0.412. The van der Waals surface area contributed by atoms with E-state index in [-0.39, 0.29) is 5.92 Å². The predicted octanol–water partition coefficient (Wildman–Crippen LogP) is 3.47. The minimum atomic E-state index is 0.269. The molecule has 22 heavy (non-hydrogen) atoms. The number of furan rings is 1. The van der Waals surface area contributed by atoms with Gasteiger partial charge in [0.1, 0.15) is 5.58 Å².